The maximum absolute atomic E-state index is 13.1. The van der Waals surface area contributed by atoms with Crippen LogP contribution in [0.5, 0.6) is 23.0 Å². The van der Waals surface area contributed by atoms with Gasteiger partial charge in [0, 0.05) is 13.0 Å². The van der Waals surface area contributed by atoms with E-state index < -0.39 is 30.0 Å². The number of halogens is 4. The van der Waals surface area contributed by atoms with Crippen LogP contribution in [0.25, 0.3) is 0 Å². The number of aryl methyl sites for hydroxylation is 1. The molecule has 0 saturated heterocycles. The van der Waals surface area contributed by atoms with Gasteiger partial charge in [0.2, 0.25) is 0 Å². The van der Waals surface area contributed by atoms with E-state index in [2.05, 4.69) is 4.74 Å². The molecule has 3 aromatic rings. The van der Waals surface area contributed by atoms with E-state index in [9.17, 15) is 27.2 Å². The van der Waals surface area contributed by atoms with Crippen LogP contribution < -0.4 is 18.9 Å². The summed E-state index contributed by atoms with van der Waals surface area (Å²) in [6, 6.07) is 16.8. The average molecular weight is 566 g/mol. The molecule has 8 nitrogen and oxygen atoms in total. The summed E-state index contributed by atoms with van der Waals surface area (Å²) in [6.45, 7) is 0.635. The molecule has 0 aliphatic rings. The van der Waals surface area contributed by atoms with Crippen LogP contribution in [-0.4, -0.2) is 54.7 Å². The Balaban J connectivity index is 1.55. The average Bonchev–Trinajstić information content (AvgIpc) is 2.90. The minimum absolute atomic E-state index is 0.0141. The molecule has 0 aliphatic carbocycles. The highest BCUT2D eigenvalue weighted by Crippen LogP contribution is 2.25. The van der Waals surface area contributed by atoms with Crippen LogP contribution >= 0.6 is 0 Å². The van der Waals surface area contributed by atoms with E-state index in [0.29, 0.717) is 24.3 Å². The molecule has 0 atom stereocenters. The number of carbonyl (C=O) groups is 2. The van der Waals surface area contributed by atoms with Crippen molar-refractivity contribution >= 4 is 12.1 Å². The molecule has 3 rings (SSSR count). The maximum Gasteiger partial charge on any atom is 0.573 e. The Kier molecular flexibility index (Phi) is 11.0. The number of hydrogen-bond acceptors (Lipinski definition) is 6. The molecule has 1 N–H and O–H groups in total. The van der Waals surface area contributed by atoms with E-state index in [4.69, 9.17) is 19.3 Å². The fraction of sp³-hybridized carbons (Fsp3) is 0.286. The number of carbonyl (C=O) groups excluding carboxylic acids is 1. The third-order valence-electron chi connectivity index (χ3n) is 5.36. The predicted octanol–water partition coefficient (Wildman–Crippen LogP) is 6.09. The molecule has 214 valence electrons. The smallest absolute Gasteiger partial charge is 0.494 e. The highest BCUT2D eigenvalue weighted by atomic mass is 19.4. The van der Waals surface area contributed by atoms with Crippen molar-refractivity contribution < 1.29 is 51.2 Å². The topological polar surface area (TPSA) is 94.5 Å². The van der Waals surface area contributed by atoms with E-state index >= 15 is 0 Å². The number of carboxylic acid groups (broad SMARTS) is 1. The Hall–Kier alpha value is -4.48. The van der Waals surface area contributed by atoms with Gasteiger partial charge in [0.05, 0.1) is 13.2 Å². The SMILES string of the molecule is O=C(O)CCc1ccc(OCCN(CCCOc2ccc(F)cc2)C(=O)Oc2ccc(OC(F)(F)F)cc2)cc1. The number of hydrogen-bond donors (Lipinski definition) is 1. The highest BCUT2D eigenvalue weighted by Gasteiger charge is 2.31. The Labute approximate surface area is 227 Å². The number of benzene rings is 3. The summed E-state index contributed by atoms with van der Waals surface area (Å²) >= 11 is 0. The second kappa shape index (κ2) is 14.6. The molecule has 0 spiro atoms. The molecule has 0 heterocycles. The monoisotopic (exact) mass is 565 g/mol. The first kappa shape index (κ1) is 30.1. The normalized spacial score (nSPS) is 11.0. The number of amides is 1. The Morgan fingerprint density at radius 1 is 0.750 bits per heavy atom. The first-order valence-corrected chi connectivity index (χ1v) is 12.2. The van der Waals surface area contributed by atoms with E-state index in [0.717, 1.165) is 17.7 Å². The molecule has 0 aromatic heterocycles. The van der Waals surface area contributed by atoms with Crippen LogP contribution in [0.15, 0.2) is 72.8 Å². The highest BCUT2D eigenvalue weighted by molar-refractivity contribution is 5.70. The molecule has 3 aromatic carbocycles. The lowest BCUT2D eigenvalue weighted by molar-refractivity contribution is -0.274. The first-order chi connectivity index (χ1) is 19.1. The van der Waals surface area contributed by atoms with Crippen molar-refractivity contribution in [3.63, 3.8) is 0 Å². The molecule has 0 saturated carbocycles. The van der Waals surface area contributed by atoms with Gasteiger partial charge in [-0.1, -0.05) is 12.1 Å². The largest absolute Gasteiger partial charge is 0.573 e. The van der Waals surface area contributed by atoms with Gasteiger partial charge < -0.3 is 29.0 Å². The second-order valence-electron chi connectivity index (χ2n) is 8.42. The van der Waals surface area contributed by atoms with Gasteiger partial charge in [-0.2, -0.15) is 0 Å². The summed E-state index contributed by atoms with van der Waals surface area (Å²) < 4.78 is 70.6. The minimum atomic E-state index is -4.84. The van der Waals surface area contributed by atoms with Gasteiger partial charge in [-0.15, -0.1) is 13.2 Å². The number of carboxylic acids is 1. The zero-order valence-electron chi connectivity index (χ0n) is 21.2. The molecule has 0 fully saturated rings. The lowest BCUT2D eigenvalue weighted by Gasteiger charge is -2.22. The molecule has 1 amide bonds. The number of ether oxygens (including phenoxy) is 4. The van der Waals surface area contributed by atoms with E-state index in [1.165, 1.54) is 41.3 Å². The Morgan fingerprint density at radius 2 is 1.30 bits per heavy atom. The molecule has 0 bridgehead atoms. The maximum atomic E-state index is 13.1. The van der Waals surface area contributed by atoms with Crippen LogP contribution in [0.3, 0.4) is 0 Å². The quantitative estimate of drug-likeness (QED) is 0.187. The summed E-state index contributed by atoms with van der Waals surface area (Å²) in [5, 5.41) is 8.80. The molecular formula is C28H27F4NO7. The van der Waals surface area contributed by atoms with Crippen molar-refractivity contribution in [3.05, 3.63) is 84.2 Å². The van der Waals surface area contributed by atoms with Crippen molar-refractivity contribution in [2.45, 2.75) is 25.6 Å². The van der Waals surface area contributed by atoms with E-state index in [1.807, 2.05) is 0 Å². The van der Waals surface area contributed by atoms with Crippen LogP contribution in [0, 0.1) is 5.82 Å². The van der Waals surface area contributed by atoms with Crippen molar-refractivity contribution in [1.29, 1.82) is 0 Å². The van der Waals surface area contributed by atoms with Crippen LogP contribution in [0.4, 0.5) is 22.4 Å². The summed E-state index contributed by atoms with van der Waals surface area (Å²) in [5.74, 6) is -0.733. The van der Waals surface area contributed by atoms with E-state index in [1.54, 1.807) is 24.3 Å². The molecule has 0 radical (unpaired) electrons. The number of nitrogens with zero attached hydrogens (tertiary/aromatic N) is 1. The van der Waals surface area contributed by atoms with Crippen LogP contribution in [0.2, 0.25) is 0 Å². The van der Waals surface area contributed by atoms with Gasteiger partial charge in [0.25, 0.3) is 0 Å². The zero-order chi connectivity index (χ0) is 29.0. The lowest BCUT2D eigenvalue weighted by Crippen LogP contribution is -2.38. The predicted molar refractivity (Wildman–Crippen MR) is 135 cm³/mol. The van der Waals surface area contributed by atoms with E-state index in [-0.39, 0.29) is 38.5 Å². The Bertz CT molecular complexity index is 1220. The summed E-state index contributed by atoms with van der Waals surface area (Å²) in [6.07, 6.45) is -4.80. The number of alkyl halides is 3. The number of aliphatic carboxylic acids is 1. The minimum Gasteiger partial charge on any atom is -0.494 e. The van der Waals surface area contributed by atoms with Gasteiger partial charge >= 0.3 is 18.4 Å². The van der Waals surface area contributed by atoms with Crippen LogP contribution in [0.1, 0.15) is 18.4 Å². The third-order valence-corrected chi connectivity index (χ3v) is 5.36. The first-order valence-electron chi connectivity index (χ1n) is 12.2. The fourth-order valence-electron chi connectivity index (χ4n) is 3.42. The molecule has 0 aliphatic heterocycles. The molecular weight excluding hydrogens is 538 g/mol. The van der Waals surface area contributed by atoms with Gasteiger partial charge in [-0.05, 0) is 79.1 Å². The lowest BCUT2D eigenvalue weighted by atomic mass is 10.1. The second-order valence-corrected chi connectivity index (χ2v) is 8.42. The van der Waals surface area contributed by atoms with Crippen molar-refractivity contribution in [2.24, 2.45) is 0 Å². The number of rotatable bonds is 14. The van der Waals surface area contributed by atoms with Gasteiger partial charge in [0.1, 0.15) is 35.4 Å². The standard InChI is InChI=1S/C28H27F4NO7/c29-21-5-9-23(10-6-21)37-18-1-16-33(17-19-38-22-7-2-20(3-8-22)4-15-26(34)35)27(36)39-24-11-13-25(14-12-24)40-28(30,31)32/h2-3,5-14H,1,4,15-19H2,(H,34,35). The third kappa shape index (κ3) is 11.1. The summed E-state index contributed by atoms with van der Waals surface area (Å²) in [7, 11) is 0. The van der Waals surface area contributed by atoms with Gasteiger partial charge in [-0.25, -0.2) is 9.18 Å². The Morgan fingerprint density at radius 3 is 1.90 bits per heavy atom. The molecule has 0 unspecified atom stereocenters. The van der Waals surface area contributed by atoms with Crippen molar-refractivity contribution in [2.75, 3.05) is 26.3 Å². The molecule has 40 heavy (non-hydrogen) atoms. The van der Waals surface area contributed by atoms with Crippen molar-refractivity contribution in [1.82, 2.24) is 4.90 Å². The summed E-state index contributed by atoms with van der Waals surface area (Å²) in [5.41, 5.74) is 0.841. The fourth-order valence-corrected chi connectivity index (χ4v) is 3.42. The molecule has 12 heteroatoms. The van der Waals surface area contributed by atoms with Gasteiger partial charge in [-0.3, -0.25) is 4.79 Å². The van der Waals surface area contributed by atoms with Crippen LogP contribution in [-0.2, 0) is 11.2 Å². The zero-order valence-corrected chi connectivity index (χ0v) is 21.2. The van der Waals surface area contributed by atoms with Crippen molar-refractivity contribution in [3.8, 4) is 23.0 Å². The van der Waals surface area contributed by atoms with Gasteiger partial charge in [0.15, 0.2) is 0 Å². The summed E-state index contributed by atoms with van der Waals surface area (Å²) in [4.78, 5) is 24.9.